The number of aromatic nitrogens is 2. The van der Waals surface area contributed by atoms with Crippen molar-refractivity contribution in [2.24, 2.45) is 0 Å². The Balaban J connectivity index is 0.00000267. The molecule has 42 heavy (non-hydrogen) atoms. The number of ether oxygens (including phenoxy) is 2. The zero-order valence-electron chi connectivity index (χ0n) is 21.7. The fourth-order valence-electron chi connectivity index (χ4n) is 5.59. The molecular formula is C33H18N2O4PtS2. The number of hydrogen-bond acceptors (Lipinski definition) is 8. The van der Waals surface area contributed by atoms with Gasteiger partial charge in [-0.3, -0.25) is 9.97 Å². The maximum atomic E-state index is 6.13. The number of hydrogen-bond donors (Lipinski definition) is 0. The maximum Gasteiger partial charge on any atom is 2.00 e. The van der Waals surface area contributed by atoms with Crippen LogP contribution in [0.3, 0.4) is 0 Å². The molecule has 9 rings (SSSR count). The summed E-state index contributed by atoms with van der Waals surface area (Å²) in [7, 11) is 0. The third kappa shape index (κ3) is 3.80. The van der Waals surface area contributed by atoms with Gasteiger partial charge in [0.25, 0.3) is 11.8 Å². The fourth-order valence-corrected chi connectivity index (χ4v) is 8.01. The molecule has 1 aliphatic heterocycles. The Morgan fingerprint density at radius 2 is 1.10 bits per heavy atom. The molecule has 0 aliphatic carbocycles. The fraction of sp³-hybridized carbons (Fsp3) is 0.0909. The number of rotatable bonds is 4. The topological polar surface area (TPSA) is 70.5 Å². The smallest absolute Gasteiger partial charge is 0.454 e. The summed E-state index contributed by atoms with van der Waals surface area (Å²) in [6.07, 6.45) is 3.24. The first kappa shape index (κ1) is 26.0. The van der Waals surface area contributed by atoms with E-state index in [2.05, 4.69) is 72.8 Å². The second kappa shape index (κ2) is 9.97. The van der Waals surface area contributed by atoms with E-state index in [1.165, 1.54) is 20.2 Å². The van der Waals surface area contributed by atoms with Crippen molar-refractivity contribution >= 4 is 63.0 Å². The van der Waals surface area contributed by atoms with E-state index in [1.54, 1.807) is 35.2 Å². The van der Waals surface area contributed by atoms with Crippen LogP contribution in [0.5, 0.6) is 0 Å². The summed E-state index contributed by atoms with van der Waals surface area (Å²) < 4.78 is 28.9. The molecule has 0 N–H and O–H groups in total. The van der Waals surface area contributed by atoms with Gasteiger partial charge in [-0.05, 0) is 32.3 Å². The molecule has 6 nitrogen and oxygen atoms in total. The normalized spacial score (nSPS) is 14.8. The van der Waals surface area contributed by atoms with Gasteiger partial charge in [-0.15, -0.1) is 47.5 Å². The minimum absolute atomic E-state index is 0. The van der Waals surface area contributed by atoms with E-state index in [0.29, 0.717) is 24.6 Å². The molecule has 0 unspecified atom stereocenters. The molecule has 9 heteroatoms. The Bertz CT molecular complexity index is 2100. The quantitative estimate of drug-likeness (QED) is 0.167. The van der Waals surface area contributed by atoms with E-state index in [0.717, 1.165) is 31.3 Å². The number of thiophene rings is 2. The van der Waals surface area contributed by atoms with Crippen molar-refractivity contribution in [3.63, 3.8) is 0 Å². The Labute approximate surface area is 261 Å². The average Bonchev–Trinajstić information content (AvgIpc) is 3.85. The van der Waals surface area contributed by atoms with Gasteiger partial charge in [-0.2, -0.15) is 22.7 Å². The molecular weight excluding hydrogens is 748 g/mol. The SMILES string of the molecule is [Pt+2].[c-]1ccc2c(sc3ccccc32)c1-c1coc(C2(c3nc(-c4[c-]ccc5c4sc4ccccc45)co3)OCCO2)n1. The van der Waals surface area contributed by atoms with Crippen LogP contribution in [-0.2, 0) is 36.3 Å². The minimum Gasteiger partial charge on any atom is -0.454 e. The molecule has 4 aromatic carbocycles. The van der Waals surface area contributed by atoms with Gasteiger partial charge < -0.3 is 18.3 Å². The average molecular weight is 766 g/mol. The third-order valence-corrected chi connectivity index (χ3v) is 9.86. The van der Waals surface area contributed by atoms with Crippen molar-refractivity contribution in [3.05, 3.63) is 109 Å². The molecule has 1 aliphatic rings. The maximum absolute atomic E-state index is 6.13. The monoisotopic (exact) mass is 765 g/mol. The van der Waals surface area contributed by atoms with Gasteiger partial charge in [0.15, 0.2) is 0 Å². The van der Waals surface area contributed by atoms with Crippen LogP contribution in [0.4, 0.5) is 0 Å². The predicted molar refractivity (Wildman–Crippen MR) is 160 cm³/mol. The summed E-state index contributed by atoms with van der Waals surface area (Å²) >= 11 is 3.43. The zero-order valence-corrected chi connectivity index (χ0v) is 25.6. The molecule has 0 radical (unpaired) electrons. The molecule has 0 amide bonds. The van der Waals surface area contributed by atoms with E-state index >= 15 is 0 Å². The minimum atomic E-state index is -1.49. The summed E-state index contributed by atoms with van der Waals surface area (Å²) in [6.45, 7) is 0.705. The Hall–Kier alpha value is -3.65. The van der Waals surface area contributed by atoms with E-state index in [1.807, 2.05) is 12.1 Å². The van der Waals surface area contributed by atoms with Gasteiger partial charge in [0, 0.05) is 20.8 Å². The van der Waals surface area contributed by atoms with E-state index in [4.69, 9.17) is 28.3 Å². The number of benzene rings is 4. The van der Waals surface area contributed by atoms with Crippen molar-refractivity contribution in [3.8, 4) is 22.5 Å². The van der Waals surface area contributed by atoms with Crippen molar-refractivity contribution in [2.75, 3.05) is 13.2 Å². The van der Waals surface area contributed by atoms with Crippen LogP contribution in [0.2, 0.25) is 0 Å². The second-order valence-electron chi connectivity index (χ2n) is 9.78. The van der Waals surface area contributed by atoms with Crippen molar-refractivity contribution in [1.29, 1.82) is 0 Å². The molecule has 5 heterocycles. The first-order valence-corrected chi connectivity index (χ1v) is 14.8. The van der Waals surface area contributed by atoms with E-state index < -0.39 is 5.79 Å². The van der Waals surface area contributed by atoms with Gasteiger partial charge >= 0.3 is 26.9 Å². The van der Waals surface area contributed by atoms with Crippen LogP contribution in [0, 0.1) is 12.1 Å². The van der Waals surface area contributed by atoms with Crippen LogP contribution >= 0.6 is 22.7 Å². The van der Waals surface area contributed by atoms with Crippen LogP contribution in [-0.4, -0.2) is 23.2 Å². The summed E-state index contributed by atoms with van der Waals surface area (Å²) in [5.41, 5.74) is 3.02. The molecule has 8 aromatic rings. The van der Waals surface area contributed by atoms with Crippen LogP contribution < -0.4 is 0 Å². The molecule has 0 spiro atoms. The standard InChI is InChI=1S/C33H18N2O4S2.Pt/c1-3-13-27-19(7-1)21-9-5-11-23(29(21)40-27)25-17-36-31(34-25)33(38-15-16-39-33)32-35-26(18-37-32)24-12-6-10-22-20-8-2-4-14-28(20)41-30(22)24;/h1-10,13-14,17-18H,15-16H2;/q-2;+2. The van der Waals surface area contributed by atoms with Crippen LogP contribution in [0.1, 0.15) is 11.8 Å². The van der Waals surface area contributed by atoms with Crippen LogP contribution in [0.25, 0.3) is 62.9 Å². The Morgan fingerprint density at radius 3 is 1.60 bits per heavy atom. The second-order valence-corrected chi connectivity index (χ2v) is 11.9. The number of fused-ring (bicyclic) bond motifs is 6. The molecule has 1 saturated heterocycles. The Morgan fingerprint density at radius 1 is 0.619 bits per heavy atom. The molecule has 206 valence electrons. The van der Waals surface area contributed by atoms with Crippen LogP contribution in [0.15, 0.2) is 94.2 Å². The molecule has 0 atom stereocenters. The summed E-state index contributed by atoms with van der Waals surface area (Å²) in [4.78, 5) is 9.69. The summed E-state index contributed by atoms with van der Waals surface area (Å²) in [5, 5.41) is 4.75. The van der Waals surface area contributed by atoms with Crippen molar-refractivity contribution in [2.45, 2.75) is 5.79 Å². The molecule has 0 bridgehead atoms. The van der Waals surface area contributed by atoms with Gasteiger partial charge in [0.1, 0.15) is 0 Å². The number of oxazole rings is 2. The van der Waals surface area contributed by atoms with Gasteiger partial charge in [-0.25, -0.2) is 0 Å². The van der Waals surface area contributed by atoms with Crippen molar-refractivity contribution in [1.82, 2.24) is 9.97 Å². The van der Waals surface area contributed by atoms with E-state index in [9.17, 15) is 0 Å². The molecule has 0 saturated carbocycles. The van der Waals surface area contributed by atoms with Crippen molar-refractivity contribution < 1.29 is 39.4 Å². The van der Waals surface area contributed by atoms with E-state index in [-0.39, 0.29) is 32.8 Å². The molecule has 4 aromatic heterocycles. The Kier molecular flexibility index (Phi) is 6.18. The molecule has 1 fully saturated rings. The first-order valence-electron chi connectivity index (χ1n) is 13.1. The summed E-state index contributed by atoms with van der Waals surface area (Å²) in [6, 6.07) is 31.5. The van der Waals surface area contributed by atoms with Gasteiger partial charge in [-0.1, -0.05) is 47.2 Å². The number of nitrogens with zero attached hydrogens (tertiary/aromatic N) is 2. The third-order valence-electron chi connectivity index (χ3n) is 7.45. The largest absolute Gasteiger partial charge is 2.00 e. The van der Waals surface area contributed by atoms with Gasteiger partial charge in [0.2, 0.25) is 0 Å². The van der Waals surface area contributed by atoms with Gasteiger partial charge in [0.05, 0.1) is 25.7 Å². The zero-order chi connectivity index (χ0) is 27.0. The summed E-state index contributed by atoms with van der Waals surface area (Å²) in [5.74, 6) is -1.03. The first-order chi connectivity index (χ1) is 20.3. The predicted octanol–water partition coefficient (Wildman–Crippen LogP) is 8.58.